The Morgan fingerprint density at radius 2 is 1.91 bits per heavy atom. The zero-order chi connectivity index (χ0) is 16.4. The molecule has 2 saturated heterocycles. The molecular weight excluding hydrogens is 294 g/mol. The van der Waals surface area contributed by atoms with Gasteiger partial charge in [0.15, 0.2) is 0 Å². The molecule has 1 atom stereocenters. The van der Waals surface area contributed by atoms with E-state index in [0.29, 0.717) is 31.0 Å². The Balaban J connectivity index is 1.63. The van der Waals surface area contributed by atoms with Crippen LogP contribution in [-0.2, 0) is 4.79 Å². The summed E-state index contributed by atoms with van der Waals surface area (Å²) in [5, 5.41) is 9.06. The molecule has 3 heterocycles. The van der Waals surface area contributed by atoms with Gasteiger partial charge in [0.2, 0.25) is 0 Å². The van der Waals surface area contributed by atoms with E-state index < -0.39 is 5.97 Å². The first-order valence-corrected chi connectivity index (χ1v) is 8.27. The quantitative estimate of drug-likeness (QED) is 0.921. The Hall–Kier alpha value is -2.11. The molecule has 6 nitrogen and oxygen atoms in total. The lowest BCUT2D eigenvalue weighted by Crippen LogP contribution is -2.38. The summed E-state index contributed by atoms with van der Waals surface area (Å²) in [6.45, 7) is 5.03. The van der Waals surface area contributed by atoms with Gasteiger partial charge >= 0.3 is 5.97 Å². The largest absolute Gasteiger partial charge is 0.481 e. The number of hydrogen-bond donors (Lipinski definition) is 1. The number of hydrogen-bond acceptors (Lipinski definition) is 4. The predicted molar refractivity (Wildman–Crippen MR) is 86.5 cm³/mol. The predicted octanol–water partition coefficient (Wildman–Crippen LogP) is 1.86. The van der Waals surface area contributed by atoms with Crippen LogP contribution in [0.25, 0.3) is 0 Å². The van der Waals surface area contributed by atoms with Crippen LogP contribution in [-0.4, -0.2) is 53.0 Å². The fourth-order valence-electron chi connectivity index (χ4n) is 3.26. The second kappa shape index (κ2) is 6.56. The normalized spacial score (nSPS) is 22.4. The average Bonchev–Trinajstić information content (AvgIpc) is 3.05. The minimum atomic E-state index is -0.751. The molecule has 0 saturated carbocycles. The van der Waals surface area contributed by atoms with Crippen LogP contribution in [0.4, 0.5) is 5.82 Å². The average molecular weight is 317 g/mol. The van der Waals surface area contributed by atoms with Crippen molar-refractivity contribution in [2.24, 2.45) is 11.8 Å². The number of pyridine rings is 1. The van der Waals surface area contributed by atoms with Crippen molar-refractivity contribution in [3.63, 3.8) is 0 Å². The van der Waals surface area contributed by atoms with Crippen molar-refractivity contribution >= 4 is 17.7 Å². The highest BCUT2D eigenvalue weighted by atomic mass is 16.4. The summed E-state index contributed by atoms with van der Waals surface area (Å²) in [7, 11) is 0. The highest BCUT2D eigenvalue weighted by molar-refractivity contribution is 5.94. The molecule has 1 aromatic rings. The van der Waals surface area contributed by atoms with Gasteiger partial charge in [0.05, 0.1) is 11.5 Å². The Labute approximate surface area is 136 Å². The molecule has 23 heavy (non-hydrogen) atoms. The molecule has 1 unspecified atom stereocenters. The summed E-state index contributed by atoms with van der Waals surface area (Å²) in [5.74, 6) is 0.405. The highest BCUT2D eigenvalue weighted by Crippen LogP contribution is 2.23. The first-order chi connectivity index (χ1) is 11.0. The number of carbonyl (C=O) groups excluding carboxylic acids is 1. The molecule has 0 radical (unpaired) electrons. The van der Waals surface area contributed by atoms with Gasteiger partial charge in [0.1, 0.15) is 5.82 Å². The van der Waals surface area contributed by atoms with Crippen molar-refractivity contribution in [2.45, 2.75) is 26.2 Å². The minimum absolute atomic E-state index is 0.0424. The van der Waals surface area contributed by atoms with Crippen LogP contribution in [0.3, 0.4) is 0 Å². The number of amides is 1. The number of anilines is 1. The molecule has 2 aliphatic rings. The summed E-state index contributed by atoms with van der Waals surface area (Å²) in [6, 6.07) is 3.63. The molecule has 3 rings (SSSR count). The van der Waals surface area contributed by atoms with Crippen LogP contribution in [0.5, 0.6) is 0 Å². The van der Waals surface area contributed by atoms with Crippen molar-refractivity contribution in [3.05, 3.63) is 23.9 Å². The van der Waals surface area contributed by atoms with Gasteiger partial charge in [-0.1, -0.05) is 6.92 Å². The van der Waals surface area contributed by atoms with E-state index in [0.717, 1.165) is 31.7 Å². The first-order valence-electron chi connectivity index (χ1n) is 8.27. The van der Waals surface area contributed by atoms with Gasteiger partial charge in [0.25, 0.3) is 5.91 Å². The van der Waals surface area contributed by atoms with Crippen LogP contribution >= 0.6 is 0 Å². The molecule has 0 bridgehead atoms. The zero-order valence-electron chi connectivity index (χ0n) is 13.4. The third-order valence-corrected chi connectivity index (χ3v) is 4.93. The molecule has 124 valence electrons. The summed E-state index contributed by atoms with van der Waals surface area (Å²) in [4.78, 5) is 31.7. The monoisotopic (exact) mass is 317 g/mol. The summed E-state index contributed by atoms with van der Waals surface area (Å²) < 4.78 is 0. The fraction of sp³-hybridized carbons (Fsp3) is 0.588. The molecule has 2 aliphatic heterocycles. The van der Waals surface area contributed by atoms with Gasteiger partial charge in [-0.2, -0.15) is 0 Å². The Morgan fingerprint density at radius 3 is 2.48 bits per heavy atom. The van der Waals surface area contributed by atoms with E-state index in [9.17, 15) is 9.59 Å². The van der Waals surface area contributed by atoms with Crippen molar-refractivity contribution in [1.29, 1.82) is 0 Å². The Morgan fingerprint density at radius 1 is 1.17 bits per heavy atom. The van der Waals surface area contributed by atoms with Crippen molar-refractivity contribution < 1.29 is 14.7 Å². The standard InChI is InChI=1S/C17H23N3O3/c1-12-4-7-19(8-5-12)16(21)13-2-3-15(18-10-13)20-9-6-14(11-20)17(22)23/h2-3,10,12,14H,4-9,11H2,1H3,(H,22,23). The van der Waals surface area contributed by atoms with Crippen LogP contribution in [0.15, 0.2) is 18.3 Å². The van der Waals surface area contributed by atoms with Gasteiger partial charge in [-0.05, 0) is 37.3 Å². The van der Waals surface area contributed by atoms with Gasteiger partial charge in [-0.3, -0.25) is 9.59 Å². The summed E-state index contributed by atoms with van der Waals surface area (Å²) in [5.41, 5.74) is 0.609. The number of aliphatic carboxylic acids is 1. The minimum Gasteiger partial charge on any atom is -0.481 e. The van der Waals surface area contributed by atoms with E-state index in [1.165, 1.54) is 0 Å². The summed E-state index contributed by atoms with van der Waals surface area (Å²) in [6.07, 6.45) is 4.37. The highest BCUT2D eigenvalue weighted by Gasteiger charge is 2.29. The van der Waals surface area contributed by atoms with E-state index in [1.807, 2.05) is 15.9 Å². The van der Waals surface area contributed by atoms with E-state index in [-0.39, 0.29) is 11.8 Å². The van der Waals surface area contributed by atoms with Gasteiger partial charge in [-0.25, -0.2) is 4.98 Å². The first kappa shape index (κ1) is 15.8. The molecule has 0 spiro atoms. The number of nitrogens with zero attached hydrogens (tertiary/aromatic N) is 3. The fourth-order valence-corrected chi connectivity index (χ4v) is 3.26. The smallest absolute Gasteiger partial charge is 0.308 e. The molecule has 6 heteroatoms. The molecule has 1 aromatic heterocycles. The van der Waals surface area contributed by atoms with Crippen LogP contribution in [0, 0.1) is 11.8 Å². The van der Waals surface area contributed by atoms with E-state index >= 15 is 0 Å². The molecule has 2 fully saturated rings. The second-order valence-corrected chi connectivity index (χ2v) is 6.65. The second-order valence-electron chi connectivity index (χ2n) is 6.65. The molecule has 1 N–H and O–H groups in total. The van der Waals surface area contributed by atoms with Gasteiger partial charge in [0, 0.05) is 32.4 Å². The number of rotatable bonds is 3. The lowest BCUT2D eigenvalue weighted by Gasteiger charge is -2.30. The van der Waals surface area contributed by atoms with Gasteiger partial charge < -0.3 is 14.9 Å². The van der Waals surface area contributed by atoms with Crippen molar-refractivity contribution in [2.75, 3.05) is 31.1 Å². The number of likely N-dealkylation sites (tertiary alicyclic amines) is 1. The molecule has 1 amide bonds. The van der Waals surface area contributed by atoms with E-state index in [4.69, 9.17) is 5.11 Å². The van der Waals surface area contributed by atoms with Crippen LogP contribution in [0.2, 0.25) is 0 Å². The maximum absolute atomic E-state index is 12.5. The molecule has 0 aromatic carbocycles. The third-order valence-electron chi connectivity index (χ3n) is 4.93. The molecular formula is C17H23N3O3. The van der Waals surface area contributed by atoms with Crippen molar-refractivity contribution in [3.8, 4) is 0 Å². The lowest BCUT2D eigenvalue weighted by molar-refractivity contribution is -0.140. The van der Waals surface area contributed by atoms with E-state index in [2.05, 4.69) is 11.9 Å². The topological polar surface area (TPSA) is 73.7 Å². The Kier molecular flexibility index (Phi) is 4.50. The van der Waals surface area contributed by atoms with Crippen LogP contribution < -0.4 is 4.90 Å². The van der Waals surface area contributed by atoms with E-state index in [1.54, 1.807) is 12.3 Å². The summed E-state index contributed by atoms with van der Waals surface area (Å²) >= 11 is 0. The number of carboxylic acids is 1. The lowest BCUT2D eigenvalue weighted by atomic mass is 9.99. The SMILES string of the molecule is CC1CCN(C(=O)c2ccc(N3CCC(C(=O)O)C3)nc2)CC1. The maximum atomic E-state index is 12.5. The number of aromatic nitrogens is 1. The van der Waals surface area contributed by atoms with Gasteiger partial charge in [-0.15, -0.1) is 0 Å². The Bertz CT molecular complexity index is 579. The van der Waals surface area contributed by atoms with Crippen molar-refractivity contribution in [1.82, 2.24) is 9.88 Å². The maximum Gasteiger partial charge on any atom is 0.308 e. The zero-order valence-corrected chi connectivity index (χ0v) is 13.4. The molecule has 0 aliphatic carbocycles. The number of carbonyl (C=O) groups is 2. The number of carboxylic acid groups (broad SMARTS) is 1. The van der Waals surface area contributed by atoms with Crippen LogP contribution in [0.1, 0.15) is 36.5 Å². The number of piperidine rings is 1. The third kappa shape index (κ3) is 3.46.